The van der Waals surface area contributed by atoms with Crippen molar-refractivity contribution in [1.82, 2.24) is 10.3 Å². The van der Waals surface area contributed by atoms with Crippen LogP contribution in [0.2, 0.25) is 0 Å². The van der Waals surface area contributed by atoms with Gasteiger partial charge in [0.2, 0.25) is 0 Å². The van der Waals surface area contributed by atoms with Gasteiger partial charge in [-0.1, -0.05) is 18.2 Å². The number of hydrogen-bond donors (Lipinski definition) is 1. The zero-order valence-corrected chi connectivity index (χ0v) is 12.5. The summed E-state index contributed by atoms with van der Waals surface area (Å²) in [5.41, 5.74) is 3.57. The topological polar surface area (TPSA) is 51.2 Å². The van der Waals surface area contributed by atoms with Crippen LogP contribution in [0.1, 0.15) is 10.4 Å². The first kappa shape index (κ1) is 14.1. The molecule has 0 aliphatic heterocycles. The van der Waals surface area contributed by atoms with Crippen molar-refractivity contribution in [2.75, 3.05) is 14.2 Å². The van der Waals surface area contributed by atoms with Crippen LogP contribution >= 0.6 is 0 Å². The average molecular weight is 292 g/mol. The van der Waals surface area contributed by atoms with Gasteiger partial charge in [0.05, 0.1) is 7.11 Å². The fourth-order valence-electron chi connectivity index (χ4n) is 2.51. The predicted molar refractivity (Wildman–Crippen MR) is 87.1 cm³/mol. The second-order valence-corrected chi connectivity index (χ2v) is 4.87. The molecule has 1 amide bonds. The predicted octanol–water partition coefficient (Wildman–Crippen LogP) is 3.27. The number of nitrogens with one attached hydrogen (secondary N) is 1. The first-order chi connectivity index (χ1) is 10.7. The number of carbonyl (C=O) groups is 1. The third-order valence-electron chi connectivity index (χ3n) is 3.64. The number of benzene rings is 2. The minimum absolute atomic E-state index is 0.0900. The fraction of sp³-hybridized carbons (Fsp3) is 0.111. The summed E-state index contributed by atoms with van der Waals surface area (Å²) in [4.78, 5) is 16.0. The van der Waals surface area contributed by atoms with Crippen molar-refractivity contribution in [2.45, 2.75) is 0 Å². The molecule has 0 radical (unpaired) electrons. The molecular formula is C18H16N2O2. The van der Waals surface area contributed by atoms with E-state index in [2.05, 4.69) is 10.3 Å². The van der Waals surface area contributed by atoms with Crippen LogP contribution in [0.15, 0.2) is 54.7 Å². The molecule has 3 aromatic rings. The van der Waals surface area contributed by atoms with Crippen LogP contribution in [0.5, 0.6) is 5.75 Å². The standard InChI is InChI=1S/C18H16N2O2/c1-19-18(21)13-7-5-12(6-8-13)14-9-10-16(22-2)17-15(14)4-3-11-20-17/h3-11H,1-2H3,(H,19,21). The van der Waals surface area contributed by atoms with Gasteiger partial charge in [-0.05, 0) is 41.5 Å². The van der Waals surface area contributed by atoms with E-state index in [1.807, 2.05) is 48.5 Å². The van der Waals surface area contributed by atoms with Crippen LogP contribution in [0.4, 0.5) is 0 Å². The number of hydrogen-bond acceptors (Lipinski definition) is 3. The third kappa shape index (κ3) is 2.39. The molecule has 4 nitrogen and oxygen atoms in total. The molecule has 0 saturated carbocycles. The molecule has 0 unspecified atom stereocenters. The van der Waals surface area contributed by atoms with Crippen LogP contribution in [0.25, 0.3) is 22.0 Å². The van der Waals surface area contributed by atoms with E-state index in [9.17, 15) is 4.79 Å². The molecule has 1 heterocycles. The van der Waals surface area contributed by atoms with Crippen LogP contribution in [0.3, 0.4) is 0 Å². The number of nitrogens with zero attached hydrogens (tertiary/aromatic N) is 1. The van der Waals surface area contributed by atoms with Gasteiger partial charge in [0.15, 0.2) is 0 Å². The molecule has 0 aliphatic carbocycles. The van der Waals surface area contributed by atoms with Crippen molar-refractivity contribution in [3.8, 4) is 16.9 Å². The number of aromatic nitrogens is 1. The van der Waals surface area contributed by atoms with Crippen molar-refractivity contribution in [2.24, 2.45) is 0 Å². The lowest BCUT2D eigenvalue weighted by Gasteiger charge is -2.10. The lowest BCUT2D eigenvalue weighted by atomic mass is 9.99. The van der Waals surface area contributed by atoms with E-state index in [0.29, 0.717) is 5.56 Å². The van der Waals surface area contributed by atoms with Crippen LogP contribution in [-0.4, -0.2) is 25.0 Å². The van der Waals surface area contributed by atoms with Gasteiger partial charge in [-0.3, -0.25) is 9.78 Å². The number of ether oxygens (including phenoxy) is 1. The van der Waals surface area contributed by atoms with Gasteiger partial charge in [-0.25, -0.2) is 0 Å². The Morgan fingerprint density at radius 3 is 2.55 bits per heavy atom. The Balaban J connectivity index is 2.12. The average Bonchev–Trinajstić information content (AvgIpc) is 2.60. The summed E-state index contributed by atoms with van der Waals surface area (Å²) >= 11 is 0. The van der Waals surface area contributed by atoms with Gasteiger partial charge in [0, 0.05) is 24.2 Å². The van der Waals surface area contributed by atoms with Crippen molar-refractivity contribution < 1.29 is 9.53 Å². The van der Waals surface area contributed by atoms with E-state index >= 15 is 0 Å². The Bertz CT molecular complexity index is 826. The zero-order valence-electron chi connectivity index (χ0n) is 12.5. The minimum atomic E-state index is -0.0900. The molecule has 0 fully saturated rings. The highest BCUT2D eigenvalue weighted by Crippen LogP contribution is 2.33. The number of rotatable bonds is 3. The summed E-state index contributed by atoms with van der Waals surface area (Å²) in [6, 6.07) is 15.4. The molecule has 3 rings (SSSR count). The zero-order chi connectivity index (χ0) is 15.5. The molecule has 1 aromatic heterocycles. The Morgan fingerprint density at radius 2 is 1.86 bits per heavy atom. The maximum Gasteiger partial charge on any atom is 0.251 e. The van der Waals surface area contributed by atoms with E-state index in [-0.39, 0.29) is 5.91 Å². The first-order valence-electron chi connectivity index (χ1n) is 6.99. The van der Waals surface area contributed by atoms with Gasteiger partial charge in [0.25, 0.3) is 5.91 Å². The molecule has 4 heteroatoms. The smallest absolute Gasteiger partial charge is 0.251 e. The van der Waals surface area contributed by atoms with Gasteiger partial charge in [-0.2, -0.15) is 0 Å². The Labute approximate surface area is 128 Å². The Morgan fingerprint density at radius 1 is 1.09 bits per heavy atom. The maximum absolute atomic E-state index is 11.6. The number of pyridine rings is 1. The molecular weight excluding hydrogens is 276 g/mol. The third-order valence-corrected chi connectivity index (χ3v) is 3.64. The summed E-state index contributed by atoms with van der Waals surface area (Å²) < 4.78 is 5.37. The van der Waals surface area contributed by atoms with Gasteiger partial charge in [-0.15, -0.1) is 0 Å². The monoisotopic (exact) mass is 292 g/mol. The normalized spacial score (nSPS) is 10.5. The number of methoxy groups -OCH3 is 1. The SMILES string of the molecule is CNC(=O)c1ccc(-c2ccc(OC)c3ncccc23)cc1. The van der Waals surface area contributed by atoms with Gasteiger partial charge in [0.1, 0.15) is 11.3 Å². The molecule has 0 spiro atoms. The molecule has 2 aromatic carbocycles. The van der Waals surface area contributed by atoms with Gasteiger partial charge >= 0.3 is 0 Å². The first-order valence-corrected chi connectivity index (χ1v) is 6.99. The molecule has 0 bridgehead atoms. The maximum atomic E-state index is 11.6. The van der Waals surface area contributed by atoms with E-state index in [1.165, 1.54) is 0 Å². The number of carbonyl (C=O) groups excluding carboxylic acids is 1. The van der Waals surface area contributed by atoms with E-state index < -0.39 is 0 Å². The van der Waals surface area contributed by atoms with Crippen molar-refractivity contribution in [3.63, 3.8) is 0 Å². The minimum Gasteiger partial charge on any atom is -0.494 e. The van der Waals surface area contributed by atoms with Crippen molar-refractivity contribution in [1.29, 1.82) is 0 Å². The fourth-order valence-corrected chi connectivity index (χ4v) is 2.51. The van der Waals surface area contributed by atoms with Crippen LogP contribution in [0, 0.1) is 0 Å². The van der Waals surface area contributed by atoms with Crippen molar-refractivity contribution in [3.05, 3.63) is 60.3 Å². The summed E-state index contributed by atoms with van der Waals surface area (Å²) in [5, 5.41) is 3.64. The largest absolute Gasteiger partial charge is 0.494 e. The van der Waals surface area contributed by atoms with Crippen molar-refractivity contribution >= 4 is 16.8 Å². The summed E-state index contributed by atoms with van der Waals surface area (Å²) in [5.74, 6) is 0.661. The van der Waals surface area contributed by atoms with E-state index in [0.717, 1.165) is 27.8 Å². The highest BCUT2D eigenvalue weighted by molar-refractivity contribution is 5.99. The lowest BCUT2D eigenvalue weighted by molar-refractivity contribution is 0.0963. The van der Waals surface area contributed by atoms with E-state index in [4.69, 9.17) is 4.74 Å². The molecule has 22 heavy (non-hydrogen) atoms. The van der Waals surface area contributed by atoms with Crippen LogP contribution in [-0.2, 0) is 0 Å². The molecule has 0 saturated heterocycles. The number of fused-ring (bicyclic) bond motifs is 1. The van der Waals surface area contributed by atoms with Gasteiger partial charge < -0.3 is 10.1 Å². The Hall–Kier alpha value is -2.88. The van der Waals surface area contributed by atoms with Crippen LogP contribution < -0.4 is 10.1 Å². The Kier molecular flexibility index (Phi) is 3.74. The summed E-state index contributed by atoms with van der Waals surface area (Å²) in [6.07, 6.45) is 1.75. The highest BCUT2D eigenvalue weighted by atomic mass is 16.5. The summed E-state index contributed by atoms with van der Waals surface area (Å²) in [7, 11) is 3.26. The molecule has 0 atom stereocenters. The second kappa shape index (κ2) is 5.85. The second-order valence-electron chi connectivity index (χ2n) is 4.87. The molecule has 1 N–H and O–H groups in total. The lowest BCUT2D eigenvalue weighted by Crippen LogP contribution is -2.17. The van der Waals surface area contributed by atoms with E-state index in [1.54, 1.807) is 20.4 Å². The number of amides is 1. The molecule has 110 valence electrons. The quantitative estimate of drug-likeness (QED) is 0.806. The molecule has 0 aliphatic rings. The summed E-state index contributed by atoms with van der Waals surface area (Å²) in [6.45, 7) is 0. The highest BCUT2D eigenvalue weighted by Gasteiger charge is 2.10.